The first-order valence-electron chi connectivity index (χ1n) is 8.04. The molecule has 0 bridgehead atoms. The summed E-state index contributed by atoms with van der Waals surface area (Å²) in [5, 5.41) is 0. The van der Waals surface area contributed by atoms with Gasteiger partial charge in [0.15, 0.2) is 0 Å². The summed E-state index contributed by atoms with van der Waals surface area (Å²) in [7, 11) is 1.77. The smallest absolute Gasteiger partial charge is 0.251 e. The van der Waals surface area contributed by atoms with Gasteiger partial charge in [0.25, 0.3) is 5.56 Å². The van der Waals surface area contributed by atoms with Gasteiger partial charge in [-0.1, -0.05) is 6.92 Å². The van der Waals surface area contributed by atoms with Crippen molar-refractivity contribution in [2.24, 2.45) is 0 Å². The molecule has 0 unspecified atom stereocenters. The van der Waals surface area contributed by atoms with E-state index in [1.807, 2.05) is 19.1 Å². The molecule has 6 heteroatoms. The minimum atomic E-state index is -0.127. The molecule has 0 spiro atoms. The van der Waals surface area contributed by atoms with Gasteiger partial charge in [-0.2, -0.15) is 0 Å². The average molecular weight is 314 g/mol. The van der Waals surface area contributed by atoms with Crippen molar-refractivity contribution in [1.29, 1.82) is 0 Å². The maximum absolute atomic E-state index is 11.7. The van der Waals surface area contributed by atoms with E-state index in [1.165, 1.54) is 6.07 Å². The monoisotopic (exact) mass is 314 g/mol. The van der Waals surface area contributed by atoms with Gasteiger partial charge < -0.3 is 14.6 Å². The Morgan fingerprint density at radius 3 is 2.74 bits per heavy atom. The van der Waals surface area contributed by atoms with Crippen molar-refractivity contribution in [2.45, 2.75) is 32.3 Å². The van der Waals surface area contributed by atoms with E-state index < -0.39 is 0 Å². The summed E-state index contributed by atoms with van der Waals surface area (Å²) in [6.07, 6.45) is 4.91. The molecule has 0 amide bonds. The number of hydrogen-bond acceptors (Lipinski definition) is 5. The van der Waals surface area contributed by atoms with Crippen LogP contribution in [0.15, 0.2) is 29.2 Å². The van der Waals surface area contributed by atoms with Crippen molar-refractivity contribution >= 4 is 5.82 Å². The molecule has 0 aromatic carbocycles. The number of nitrogens with zero attached hydrogens (tertiary/aromatic N) is 3. The van der Waals surface area contributed by atoms with Crippen LogP contribution in [0, 0.1) is 0 Å². The molecule has 1 saturated heterocycles. The molecule has 0 atom stereocenters. The molecular weight excluding hydrogens is 292 g/mol. The zero-order chi connectivity index (χ0) is 16.2. The van der Waals surface area contributed by atoms with Gasteiger partial charge in [0.05, 0.1) is 6.10 Å². The molecule has 1 N–H and O–H groups in total. The van der Waals surface area contributed by atoms with Crippen LogP contribution >= 0.6 is 0 Å². The molecule has 3 rings (SSSR count). The lowest BCUT2D eigenvalue weighted by Gasteiger charge is -2.32. The predicted molar refractivity (Wildman–Crippen MR) is 89.7 cm³/mol. The third-order valence-corrected chi connectivity index (χ3v) is 4.28. The van der Waals surface area contributed by atoms with Crippen LogP contribution in [0.5, 0.6) is 0 Å². The van der Waals surface area contributed by atoms with Gasteiger partial charge >= 0.3 is 0 Å². The summed E-state index contributed by atoms with van der Waals surface area (Å²) in [4.78, 5) is 25.7. The van der Waals surface area contributed by atoms with Crippen LogP contribution in [0.2, 0.25) is 0 Å². The third-order valence-electron chi connectivity index (χ3n) is 4.28. The summed E-state index contributed by atoms with van der Waals surface area (Å²) in [5.41, 5.74) is 1.49. The molecule has 0 aliphatic carbocycles. The predicted octanol–water partition coefficient (Wildman–Crippen LogP) is 2.01. The number of rotatable bonds is 4. The van der Waals surface area contributed by atoms with Gasteiger partial charge in [0.2, 0.25) is 0 Å². The second-order valence-corrected chi connectivity index (χ2v) is 5.77. The first kappa shape index (κ1) is 15.7. The molecule has 6 nitrogen and oxygen atoms in total. The first-order valence-corrected chi connectivity index (χ1v) is 8.04. The lowest BCUT2D eigenvalue weighted by atomic mass is 10.1. The van der Waals surface area contributed by atoms with E-state index >= 15 is 0 Å². The van der Waals surface area contributed by atoms with Crippen LogP contribution in [0.3, 0.4) is 0 Å². The highest BCUT2D eigenvalue weighted by Gasteiger charge is 2.19. The number of methoxy groups -OCH3 is 1. The second-order valence-electron chi connectivity index (χ2n) is 5.77. The molecule has 23 heavy (non-hydrogen) atoms. The van der Waals surface area contributed by atoms with Crippen molar-refractivity contribution in [3.05, 3.63) is 40.4 Å². The van der Waals surface area contributed by atoms with Crippen molar-refractivity contribution < 1.29 is 4.74 Å². The van der Waals surface area contributed by atoms with Gasteiger partial charge in [-0.15, -0.1) is 0 Å². The fourth-order valence-corrected chi connectivity index (χ4v) is 2.86. The number of piperidine rings is 1. The van der Waals surface area contributed by atoms with E-state index in [0.29, 0.717) is 11.9 Å². The second kappa shape index (κ2) is 6.91. The largest absolute Gasteiger partial charge is 0.381 e. The summed E-state index contributed by atoms with van der Waals surface area (Å²) < 4.78 is 5.40. The lowest BCUT2D eigenvalue weighted by Crippen LogP contribution is -2.37. The van der Waals surface area contributed by atoms with E-state index in [2.05, 4.69) is 19.9 Å². The van der Waals surface area contributed by atoms with Crippen molar-refractivity contribution in [3.63, 3.8) is 0 Å². The van der Waals surface area contributed by atoms with Crippen molar-refractivity contribution in [1.82, 2.24) is 15.0 Å². The summed E-state index contributed by atoms with van der Waals surface area (Å²) in [6, 6.07) is 5.48. The highest BCUT2D eigenvalue weighted by Crippen LogP contribution is 2.21. The van der Waals surface area contributed by atoms with Gasteiger partial charge in [-0.3, -0.25) is 4.79 Å². The summed E-state index contributed by atoms with van der Waals surface area (Å²) in [5.74, 6) is 1.53. The Kier molecular flexibility index (Phi) is 4.71. The quantitative estimate of drug-likeness (QED) is 0.935. The van der Waals surface area contributed by atoms with Gasteiger partial charge in [-0.25, -0.2) is 9.97 Å². The van der Waals surface area contributed by atoms with E-state index in [9.17, 15) is 4.79 Å². The number of aryl methyl sites for hydroxylation is 1. The molecule has 2 aromatic heterocycles. The maximum Gasteiger partial charge on any atom is 0.251 e. The molecule has 1 aliphatic heterocycles. The molecule has 2 aromatic rings. The van der Waals surface area contributed by atoms with Crippen LogP contribution in [0.4, 0.5) is 5.82 Å². The zero-order valence-electron chi connectivity index (χ0n) is 13.6. The van der Waals surface area contributed by atoms with Crippen LogP contribution in [-0.2, 0) is 11.2 Å². The molecule has 122 valence electrons. The van der Waals surface area contributed by atoms with E-state index in [-0.39, 0.29) is 5.56 Å². The normalized spacial score (nSPS) is 15.8. The Balaban J connectivity index is 1.77. The number of pyridine rings is 1. The minimum Gasteiger partial charge on any atom is -0.381 e. The maximum atomic E-state index is 11.7. The molecule has 0 saturated carbocycles. The molecule has 1 aliphatic rings. The Hall–Kier alpha value is -2.21. The Morgan fingerprint density at radius 2 is 2.13 bits per heavy atom. The van der Waals surface area contributed by atoms with Gasteiger partial charge in [0.1, 0.15) is 11.6 Å². The van der Waals surface area contributed by atoms with E-state index in [4.69, 9.17) is 4.74 Å². The van der Waals surface area contributed by atoms with Gasteiger partial charge in [-0.05, 0) is 31.4 Å². The SMILES string of the molecule is CCc1cc(=O)[nH]c(-c2ccc(N3CCC(OC)CC3)nc2)n1. The van der Waals surface area contributed by atoms with E-state index in [1.54, 1.807) is 13.3 Å². The Morgan fingerprint density at radius 1 is 1.35 bits per heavy atom. The van der Waals surface area contributed by atoms with Crippen LogP contribution < -0.4 is 10.5 Å². The van der Waals surface area contributed by atoms with Crippen LogP contribution in [0.25, 0.3) is 11.4 Å². The number of nitrogens with one attached hydrogen (secondary N) is 1. The van der Waals surface area contributed by atoms with Gasteiger partial charge in [0, 0.05) is 43.7 Å². The topological polar surface area (TPSA) is 71.1 Å². The van der Waals surface area contributed by atoms with Crippen molar-refractivity contribution in [2.75, 3.05) is 25.1 Å². The highest BCUT2D eigenvalue weighted by atomic mass is 16.5. The molecular formula is C17H22N4O2. The molecule has 0 radical (unpaired) electrons. The summed E-state index contributed by atoms with van der Waals surface area (Å²) in [6.45, 7) is 3.88. The first-order chi connectivity index (χ1) is 11.2. The standard InChI is InChI=1S/C17H22N4O2/c1-3-13-10-16(22)20-17(19-13)12-4-5-15(18-11-12)21-8-6-14(23-2)7-9-21/h4-5,10-11,14H,3,6-9H2,1-2H3,(H,19,20,22). The van der Waals surface area contributed by atoms with Crippen LogP contribution in [-0.4, -0.2) is 41.3 Å². The number of aromatic amines is 1. The minimum absolute atomic E-state index is 0.127. The number of hydrogen-bond donors (Lipinski definition) is 1. The fourth-order valence-electron chi connectivity index (χ4n) is 2.86. The Bertz CT molecular complexity index is 703. The third kappa shape index (κ3) is 3.59. The number of aromatic nitrogens is 3. The highest BCUT2D eigenvalue weighted by molar-refractivity contribution is 5.56. The molecule has 1 fully saturated rings. The van der Waals surface area contributed by atoms with E-state index in [0.717, 1.165) is 49.4 Å². The van der Waals surface area contributed by atoms with Crippen molar-refractivity contribution in [3.8, 4) is 11.4 Å². The van der Waals surface area contributed by atoms with Crippen LogP contribution in [0.1, 0.15) is 25.5 Å². The fraction of sp³-hybridized carbons (Fsp3) is 0.471. The summed E-state index contributed by atoms with van der Waals surface area (Å²) >= 11 is 0. The average Bonchev–Trinajstić information content (AvgIpc) is 2.61. The number of anilines is 1. The zero-order valence-corrected chi connectivity index (χ0v) is 13.6. The number of ether oxygens (including phenoxy) is 1. The molecule has 3 heterocycles. The Labute approximate surface area is 135 Å². The lowest BCUT2D eigenvalue weighted by molar-refractivity contribution is 0.0818. The number of H-pyrrole nitrogens is 1.